The summed E-state index contributed by atoms with van der Waals surface area (Å²) in [7, 11) is -3.65. The van der Waals surface area contributed by atoms with Crippen LogP contribution in [0.15, 0.2) is 24.3 Å². The molecule has 0 saturated carbocycles. The van der Waals surface area contributed by atoms with Crippen molar-refractivity contribution in [2.24, 2.45) is 0 Å². The fourth-order valence-electron chi connectivity index (χ4n) is 5.99. The van der Waals surface area contributed by atoms with E-state index in [-0.39, 0.29) is 21.7 Å². The Hall–Kier alpha value is -1.57. The average Bonchev–Trinajstić information content (AvgIpc) is 2.83. The van der Waals surface area contributed by atoms with Crippen molar-refractivity contribution in [3.63, 3.8) is 0 Å². The van der Waals surface area contributed by atoms with E-state index in [1.807, 2.05) is 0 Å². The van der Waals surface area contributed by atoms with Crippen LogP contribution in [0.2, 0.25) is 0 Å². The minimum absolute atomic E-state index is 0.00852. The van der Waals surface area contributed by atoms with Crippen molar-refractivity contribution in [2.75, 3.05) is 6.16 Å². The third kappa shape index (κ3) is 9.46. The fourth-order valence-corrected chi connectivity index (χ4v) is 8.05. The molecule has 0 radical (unpaired) electrons. The van der Waals surface area contributed by atoms with Crippen LogP contribution < -0.4 is 9.05 Å². The van der Waals surface area contributed by atoms with E-state index in [0.717, 1.165) is 46.6 Å². The van der Waals surface area contributed by atoms with Gasteiger partial charge in [-0.15, -0.1) is 0 Å². The zero-order valence-electron chi connectivity index (χ0n) is 30.1. The van der Waals surface area contributed by atoms with E-state index in [9.17, 15) is 4.89 Å². The Balaban J connectivity index is 2.19. The summed E-state index contributed by atoms with van der Waals surface area (Å²) in [6, 6.07) is 9.31. The van der Waals surface area contributed by atoms with Crippen LogP contribution in [0.4, 0.5) is 0 Å². The van der Waals surface area contributed by atoms with Gasteiger partial charge in [-0.2, -0.15) is 0 Å². The number of hydrogen-bond donors (Lipinski definition) is 1. The summed E-state index contributed by atoms with van der Waals surface area (Å²) < 4.78 is 13.8. The van der Waals surface area contributed by atoms with Crippen molar-refractivity contribution in [1.82, 2.24) is 0 Å². The van der Waals surface area contributed by atoms with Gasteiger partial charge in [0.25, 0.3) is 0 Å². The zero-order chi connectivity index (χ0) is 32.4. The standard InChI is InChI=1S/C39H65O3P/c1-14-15-16-17-18-19-20-21-22-43(40)41-34-28(24-30(36(2,3)4)26-32(34)38(8,9)10)23-29-25-31(37(5,6)7)27-33(35(29)42-43)39(11,12)13/h24-27,40,43H,14-23H2,1-13H3. The van der Waals surface area contributed by atoms with Gasteiger partial charge in [-0.3, -0.25) is 0 Å². The predicted octanol–water partition coefficient (Wildman–Crippen LogP) is 11.9. The molecule has 3 nitrogen and oxygen atoms in total. The van der Waals surface area contributed by atoms with Crippen LogP contribution in [0.3, 0.4) is 0 Å². The van der Waals surface area contributed by atoms with Crippen LogP contribution in [-0.2, 0) is 28.1 Å². The van der Waals surface area contributed by atoms with Crippen molar-refractivity contribution in [2.45, 2.75) is 169 Å². The van der Waals surface area contributed by atoms with Crippen molar-refractivity contribution in [3.05, 3.63) is 57.6 Å². The number of unbranched alkanes of at least 4 members (excludes halogenated alkanes) is 7. The summed E-state index contributed by atoms with van der Waals surface area (Å²) >= 11 is 0. The number of benzene rings is 2. The van der Waals surface area contributed by atoms with E-state index < -0.39 is 7.94 Å². The molecule has 0 aliphatic carbocycles. The van der Waals surface area contributed by atoms with Crippen LogP contribution in [0.1, 0.15) is 175 Å². The van der Waals surface area contributed by atoms with Crippen LogP contribution in [0.5, 0.6) is 11.5 Å². The van der Waals surface area contributed by atoms with E-state index in [1.165, 1.54) is 49.7 Å². The molecule has 2 aromatic rings. The summed E-state index contributed by atoms with van der Waals surface area (Å²) in [5.74, 6) is 1.69. The first kappa shape index (κ1) is 35.9. The Morgan fingerprint density at radius 3 is 1.28 bits per heavy atom. The number of rotatable bonds is 9. The van der Waals surface area contributed by atoms with E-state index in [4.69, 9.17) is 9.05 Å². The molecule has 0 atom stereocenters. The molecule has 1 aliphatic heterocycles. The maximum atomic E-state index is 12.5. The average molecular weight is 613 g/mol. The first-order valence-electron chi connectivity index (χ1n) is 17.1. The van der Waals surface area contributed by atoms with Crippen molar-refractivity contribution in [3.8, 4) is 11.5 Å². The van der Waals surface area contributed by atoms with Crippen LogP contribution >= 0.6 is 7.94 Å². The molecule has 0 unspecified atom stereocenters. The van der Waals surface area contributed by atoms with Crippen molar-refractivity contribution < 1.29 is 13.9 Å². The Morgan fingerprint density at radius 2 is 0.930 bits per heavy atom. The van der Waals surface area contributed by atoms with Gasteiger partial charge in [0.1, 0.15) is 0 Å². The predicted molar refractivity (Wildman–Crippen MR) is 190 cm³/mol. The second-order valence-electron chi connectivity index (χ2n) is 17.3. The van der Waals surface area contributed by atoms with E-state index in [1.54, 1.807) is 0 Å². The van der Waals surface area contributed by atoms with Gasteiger partial charge in [-0.25, -0.2) is 0 Å². The molecule has 3 rings (SSSR count). The first-order chi connectivity index (χ1) is 19.7. The molecule has 0 saturated heterocycles. The molecule has 0 spiro atoms. The molecule has 4 heteroatoms. The second kappa shape index (κ2) is 13.4. The Morgan fingerprint density at radius 1 is 0.558 bits per heavy atom. The SMILES string of the molecule is CCCCCCCCCC[PH]1(O)Oc2c(cc(C(C)(C)C)cc2C(C)(C)C)Cc2cc(C(C)(C)C)cc(C(C)(C)C)c2O1. The summed E-state index contributed by atoms with van der Waals surface area (Å²) in [6.45, 7) is 29.5. The summed E-state index contributed by atoms with van der Waals surface area (Å²) in [5.41, 5.74) is 6.94. The summed E-state index contributed by atoms with van der Waals surface area (Å²) in [4.78, 5) is 12.5. The monoisotopic (exact) mass is 612 g/mol. The van der Waals surface area contributed by atoms with Crippen LogP contribution in [0, 0.1) is 0 Å². The third-order valence-corrected chi connectivity index (χ3v) is 11.0. The Labute approximate surface area is 266 Å². The van der Waals surface area contributed by atoms with Crippen molar-refractivity contribution >= 4 is 7.94 Å². The first-order valence-corrected chi connectivity index (χ1v) is 19.1. The molecule has 1 N–H and O–H groups in total. The van der Waals surface area contributed by atoms with Gasteiger partial charge in [-0.05, 0) is 0 Å². The summed E-state index contributed by atoms with van der Waals surface area (Å²) in [5, 5.41) is 0. The molecular formula is C39H65O3P. The summed E-state index contributed by atoms with van der Waals surface area (Å²) in [6.07, 6.45) is 11.0. The minimum atomic E-state index is -3.65. The van der Waals surface area contributed by atoms with Gasteiger partial charge in [0.2, 0.25) is 0 Å². The van der Waals surface area contributed by atoms with E-state index in [0.29, 0.717) is 12.6 Å². The van der Waals surface area contributed by atoms with Gasteiger partial charge < -0.3 is 0 Å². The van der Waals surface area contributed by atoms with Crippen molar-refractivity contribution in [1.29, 1.82) is 0 Å². The van der Waals surface area contributed by atoms with Gasteiger partial charge in [0.05, 0.1) is 0 Å². The van der Waals surface area contributed by atoms with Gasteiger partial charge in [0.15, 0.2) is 0 Å². The third-order valence-electron chi connectivity index (χ3n) is 8.93. The molecule has 0 bridgehead atoms. The second-order valence-corrected chi connectivity index (χ2v) is 19.7. The molecule has 43 heavy (non-hydrogen) atoms. The molecular weight excluding hydrogens is 547 g/mol. The maximum absolute atomic E-state index is 12.5. The molecule has 1 aliphatic rings. The van der Waals surface area contributed by atoms with E-state index in [2.05, 4.69) is 114 Å². The topological polar surface area (TPSA) is 38.7 Å². The molecule has 0 fully saturated rings. The number of fused-ring (bicyclic) bond motifs is 2. The quantitative estimate of drug-likeness (QED) is 0.226. The molecule has 0 amide bonds. The normalized spacial score (nSPS) is 16.3. The molecule has 2 aromatic carbocycles. The van der Waals surface area contributed by atoms with Gasteiger partial charge >= 0.3 is 267 Å². The van der Waals surface area contributed by atoms with Crippen LogP contribution in [0.25, 0.3) is 0 Å². The van der Waals surface area contributed by atoms with E-state index >= 15 is 0 Å². The van der Waals surface area contributed by atoms with Crippen LogP contribution in [-0.4, -0.2) is 11.1 Å². The molecule has 244 valence electrons. The number of hydrogen-bond acceptors (Lipinski definition) is 3. The molecule has 1 heterocycles. The Kier molecular flexibility index (Phi) is 11.2. The van der Waals surface area contributed by atoms with Gasteiger partial charge in [0, 0.05) is 0 Å². The molecule has 0 aromatic heterocycles. The van der Waals surface area contributed by atoms with Gasteiger partial charge in [-0.1, -0.05) is 0 Å². The Bertz CT molecular complexity index is 1150. The fraction of sp³-hybridized carbons (Fsp3) is 0.692. The zero-order valence-corrected chi connectivity index (χ0v) is 31.1.